The highest BCUT2D eigenvalue weighted by Gasteiger charge is 2.21. The van der Waals surface area contributed by atoms with Crippen LogP contribution in [-0.2, 0) is 4.74 Å². The standard InChI is InChI=1S/C20H23N3O3/c1-11(2)10-25-20(24)16-8-18(15-7-13(5)26-14(15)6)22-19-17(16)9-21-23(19)12(3)4/h7-9,12H,1,10H2,2-6H3. The van der Waals surface area contributed by atoms with Crippen molar-refractivity contribution < 1.29 is 13.9 Å². The quantitative estimate of drug-likeness (QED) is 0.494. The van der Waals surface area contributed by atoms with E-state index in [1.54, 1.807) is 16.9 Å². The number of aryl methyl sites for hydroxylation is 2. The maximum Gasteiger partial charge on any atom is 0.339 e. The minimum atomic E-state index is -0.414. The molecule has 0 unspecified atom stereocenters. The van der Waals surface area contributed by atoms with Crippen LogP contribution in [0, 0.1) is 13.8 Å². The van der Waals surface area contributed by atoms with Gasteiger partial charge in [-0.25, -0.2) is 14.5 Å². The fourth-order valence-corrected chi connectivity index (χ4v) is 2.85. The molecule has 0 saturated carbocycles. The Morgan fingerprint density at radius 3 is 2.65 bits per heavy atom. The Hall–Kier alpha value is -2.89. The summed E-state index contributed by atoms with van der Waals surface area (Å²) in [5.41, 5.74) is 3.39. The van der Waals surface area contributed by atoms with E-state index in [0.29, 0.717) is 22.3 Å². The first-order chi connectivity index (χ1) is 12.3. The fourth-order valence-electron chi connectivity index (χ4n) is 2.85. The van der Waals surface area contributed by atoms with Crippen LogP contribution < -0.4 is 0 Å². The summed E-state index contributed by atoms with van der Waals surface area (Å²) in [5.74, 6) is 1.14. The zero-order valence-corrected chi connectivity index (χ0v) is 15.8. The molecule has 6 heteroatoms. The minimum absolute atomic E-state index is 0.113. The summed E-state index contributed by atoms with van der Waals surface area (Å²) in [5, 5.41) is 5.07. The molecule has 0 atom stereocenters. The number of furan rings is 1. The molecule has 136 valence electrons. The summed E-state index contributed by atoms with van der Waals surface area (Å²) in [7, 11) is 0. The third kappa shape index (κ3) is 3.27. The molecule has 0 amide bonds. The average Bonchev–Trinajstić information content (AvgIpc) is 3.14. The van der Waals surface area contributed by atoms with Crippen LogP contribution in [0.2, 0.25) is 0 Å². The Balaban J connectivity index is 2.20. The lowest BCUT2D eigenvalue weighted by Crippen LogP contribution is -2.09. The number of aromatic nitrogens is 3. The highest BCUT2D eigenvalue weighted by Crippen LogP contribution is 2.30. The van der Waals surface area contributed by atoms with Gasteiger partial charge in [0.15, 0.2) is 5.65 Å². The molecule has 0 aliphatic heterocycles. The maximum atomic E-state index is 12.7. The van der Waals surface area contributed by atoms with Gasteiger partial charge in [-0.15, -0.1) is 0 Å². The van der Waals surface area contributed by atoms with Gasteiger partial charge in [0.2, 0.25) is 0 Å². The van der Waals surface area contributed by atoms with Crippen LogP contribution in [0.15, 0.2) is 34.9 Å². The fraction of sp³-hybridized carbons (Fsp3) is 0.350. The SMILES string of the molecule is C=C(C)COC(=O)c1cc(-c2cc(C)oc2C)nc2c1cnn2C(C)C. The van der Waals surface area contributed by atoms with Crippen LogP contribution in [0.4, 0.5) is 0 Å². The Morgan fingerprint density at radius 1 is 1.35 bits per heavy atom. The largest absolute Gasteiger partial charge is 0.466 e. The van der Waals surface area contributed by atoms with Gasteiger partial charge in [-0.3, -0.25) is 0 Å². The second-order valence-electron chi connectivity index (χ2n) is 6.84. The van der Waals surface area contributed by atoms with E-state index in [4.69, 9.17) is 14.1 Å². The topological polar surface area (TPSA) is 70.2 Å². The second kappa shape index (κ2) is 6.78. The van der Waals surface area contributed by atoms with Crippen molar-refractivity contribution in [3.8, 4) is 11.3 Å². The van der Waals surface area contributed by atoms with Crippen LogP contribution in [-0.4, -0.2) is 27.3 Å². The van der Waals surface area contributed by atoms with Gasteiger partial charge in [-0.1, -0.05) is 6.58 Å². The monoisotopic (exact) mass is 353 g/mol. The van der Waals surface area contributed by atoms with Crippen LogP contribution >= 0.6 is 0 Å². The molecule has 3 aromatic rings. The summed E-state index contributed by atoms with van der Waals surface area (Å²) in [6.45, 7) is 13.6. The first kappa shape index (κ1) is 17.9. The third-order valence-electron chi connectivity index (χ3n) is 4.04. The van der Waals surface area contributed by atoms with E-state index in [9.17, 15) is 4.79 Å². The maximum absolute atomic E-state index is 12.7. The predicted octanol–water partition coefficient (Wildman–Crippen LogP) is 4.62. The number of ether oxygens (including phenoxy) is 1. The van der Waals surface area contributed by atoms with E-state index in [0.717, 1.165) is 22.7 Å². The molecule has 3 aromatic heterocycles. The van der Waals surface area contributed by atoms with E-state index in [-0.39, 0.29) is 12.6 Å². The molecule has 0 aromatic carbocycles. The number of carbonyl (C=O) groups excluding carboxylic acids is 1. The van der Waals surface area contributed by atoms with E-state index in [1.807, 2.05) is 40.7 Å². The lowest BCUT2D eigenvalue weighted by molar-refractivity contribution is 0.0542. The van der Waals surface area contributed by atoms with Gasteiger partial charge < -0.3 is 9.15 Å². The molecule has 0 radical (unpaired) electrons. The normalized spacial score (nSPS) is 11.3. The van der Waals surface area contributed by atoms with Crippen molar-refractivity contribution in [3.63, 3.8) is 0 Å². The molecule has 26 heavy (non-hydrogen) atoms. The number of fused-ring (bicyclic) bond motifs is 1. The predicted molar refractivity (Wildman–Crippen MR) is 100 cm³/mol. The van der Waals surface area contributed by atoms with Gasteiger partial charge >= 0.3 is 5.97 Å². The van der Waals surface area contributed by atoms with E-state index < -0.39 is 5.97 Å². The zero-order chi connectivity index (χ0) is 19.0. The lowest BCUT2D eigenvalue weighted by Gasteiger charge is -2.10. The van der Waals surface area contributed by atoms with Crippen LogP contribution in [0.3, 0.4) is 0 Å². The first-order valence-electron chi connectivity index (χ1n) is 8.55. The summed E-state index contributed by atoms with van der Waals surface area (Å²) < 4.78 is 12.8. The zero-order valence-electron chi connectivity index (χ0n) is 15.8. The number of esters is 1. The Morgan fingerprint density at radius 2 is 2.08 bits per heavy atom. The molecule has 3 heterocycles. The van der Waals surface area contributed by atoms with Gasteiger partial charge in [0.25, 0.3) is 0 Å². The molecule has 3 rings (SSSR count). The Kier molecular flexibility index (Phi) is 4.68. The van der Waals surface area contributed by atoms with Crippen molar-refractivity contribution in [1.82, 2.24) is 14.8 Å². The average molecular weight is 353 g/mol. The number of nitrogens with zero attached hydrogens (tertiary/aromatic N) is 3. The number of rotatable bonds is 5. The van der Waals surface area contributed by atoms with Gasteiger partial charge in [-0.2, -0.15) is 5.10 Å². The summed E-state index contributed by atoms with van der Waals surface area (Å²) in [6, 6.07) is 3.77. The number of hydrogen-bond acceptors (Lipinski definition) is 5. The second-order valence-corrected chi connectivity index (χ2v) is 6.84. The molecule has 0 aliphatic carbocycles. The lowest BCUT2D eigenvalue weighted by atomic mass is 10.1. The van der Waals surface area contributed by atoms with Crippen molar-refractivity contribution in [2.75, 3.05) is 6.61 Å². The molecule has 0 fully saturated rings. The summed E-state index contributed by atoms with van der Waals surface area (Å²) in [4.78, 5) is 17.4. The van der Waals surface area contributed by atoms with E-state index in [1.165, 1.54) is 0 Å². The van der Waals surface area contributed by atoms with Crippen LogP contribution in [0.1, 0.15) is 48.7 Å². The molecule has 0 bridgehead atoms. The van der Waals surface area contributed by atoms with Crippen molar-refractivity contribution >= 4 is 17.0 Å². The number of pyridine rings is 1. The molecule has 0 aliphatic rings. The van der Waals surface area contributed by atoms with Crippen molar-refractivity contribution in [2.45, 2.75) is 40.7 Å². The van der Waals surface area contributed by atoms with Gasteiger partial charge in [0, 0.05) is 11.6 Å². The number of carbonyl (C=O) groups is 1. The van der Waals surface area contributed by atoms with Gasteiger partial charge in [-0.05, 0) is 52.3 Å². The highest BCUT2D eigenvalue weighted by atomic mass is 16.5. The molecule has 6 nitrogen and oxygen atoms in total. The summed E-state index contributed by atoms with van der Waals surface area (Å²) in [6.07, 6.45) is 1.66. The molecular formula is C20H23N3O3. The molecule has 0 spiro atoms. The molecule has 0 N–H and O–H groups in total. The van der Waals surface area contributed by atoms with E-state index in [2.05, 4.69) is 11.7 Å². The van der Waals surface area contributed by atoms with Crippen molar-refractivity contribution in [1.29, 1.82) is 0 Å². The van der Waals surface area contributed by atoms with Gasteiger partial charge in [0.1, 0.15) is 18.1 Å². The molecule has 0 saturated heterocycles. The van der Waals surface area contributed by atoms with Crippen molar-refractivity contribution in [3.05, 3.63) is 47.6 Å². The minimum Gasteiger partial charge on any atom is -0.466 e. The van der Waals surface area contributed by atoms with Crippen LogP contribution in [0.5, 0.6) is 0 Å². The smallest absolute Gasteiger partial charge is 0.339 e. The van der Waals surface area contributed by atoms with Gasteiger partial charge in [0.05, 0.1) is 22.8 Å². The summed E-state index contributed by atoms with van der Waals surface area (Å²) >= 11 is 0. The highest BCUT2D eigenvalue weighted by molar-refractivity contribution is 6.03. The third-order valence-corrected chi connectivity index (χ3v) is 4.04. The molecular weight excluding hydrogens is 330 g/mol. The van der Waals surface area contributed by atoms with Crippen LogP contribution in [0.25, 0.3) is 22.3 Å². The van der Waals surface area contributed by atoms with Crippen molar-refractivity contribution in [2.24, 2.45) is 0 Å². The van der Waals surface area contributed by atoms with E-state index >= 15 is 0 Å². The first-order valence-corrected chi connectivity index (χ1v) is 8.55. The Bertz CT molecular complexity index is 995. The Labute approximate surface area is 152 Å². The number of hydrogen-bond donors (Lipinski definition) is 0.